The van der Waals surface area contributed by atoms with E-state index in [9.17, 15) is 9.59 Å². The molecule has 1 aliphatic rings. The van der Waals surface area contributed by atoms with Crippen molar-refractivity contribution in [1.82, 2.24) is 25.2 Å². The Morgan fingerprint density at radius 1 is 1.32 bits per heavy atom. The predicted molar refractivity (Wildman–Crippen MR) is 106 cm³/mol. The molecule has 0 fully saturated rings. The van der Waals surface area contributed by atoms with Gasteiger partial charge in [-0.1, -0.05) is 29.8 Å². The Hall–Kier alpha value is -3.13. The summed E-state index contributed by atoms with van der Waals surface area (Å²) in [7, 11) is 1.72. The zero-order chi connectivity index (χ0) is 19.7. The number of carbonyl (C=O) groups is 2. The number of para-hydroxylation sites is 1. The first-order chi connectivity index (χ1) is 13.5. The maximum atomic E-state index is 12.5. The molecule has 1 aromatic carbocycles. The molecular weight excluding hydrogens is 380 g/mol. The van der Waals surface area contributed by atoms with Gasteiger partial charge in [0.05, 0.1) is 6.20 Å². The van der Waals surface area contributed by atoms with Crippen molar-refractivity contribution >= 4 is 34.9 Å². The summed E-state index contributed by atoms with van der Waals surface area (Å²) in [4.78, 5) is 30.6. The van der Waals surface area contributed by atoms with Gasteiger partial charge in [-0.15, -0.1) is 0 Å². The average Bonchev–Trinajstić information content (AvgIpc) is 3.06. The van der Waals surface area contributed by atoms with Gasteiger partial charge in [0.1, 0.15) is 11.1 Å². The molecule has 0 saturated carbocycles. The zero-order valence-corrected chi connectivity index (χ0v) is 16.0. The Balaban J connectivity index is 1.32. The van der Waals surface area contributed by atoms with Crippen LogP contribution in [0.4, 0.5) is 10.5 Å². The van der Waals surface area contributed by atoms with Crippen LogP contribution in [0.5, 0.6) is 0 Å². The molecular formula is C19H19ClN6O2. The highest BCUT2D eigenvalue weighted by Crippen LogP contribution is 2.26. The number of likely N-dealkylation sites (N-methyl/N-ethyl adjacent to an activating group) is 1. The highest BCUT2D eigenvalue weighted by molar-refractivity contribution is 6.33. The highest BCUT2D eigenvalue weighted by atomic mass is 35.5. The number of hydrogen-bond acceptors (Lipinski definition) is 4. The third-order valence-electron chi connectivity index (χ3n) is 4.78. The maximum Gasteiger partial charge on any atom is 0.315 e. The van der Waals surface area contributed by atoms with Gasteiger partial charge in [-0.3, -0.25) is 4.79 Å². The van der Waals surface area contributed by atoms with Gasteiger partial charge in [0.2, 0.25) is 5.91 Å². The first-order valence-corrected chi connectivity index (χ1v) is 9.28. The Morgan fingerprint density at radius 2 is 2.14 bits per heavy atom. The van der Waals surface area contributed by atoms with E-state index in [1.807, 2.05) is 30.5 Å². The van der Waals surface area contributed by atoms with E-state index in [-0.39, 0.29) is 11.9 Å². The average molecular weight is 399 g/mol. The molecule has 0 saturated heterocycles. The first kappa shape index (κ1) is 18.2. The Morgan fingerprint density at radius 3 is 3.00 bits per heavy atom. The molecule has 9 heteroatoms. The third kappa shape index (κ3) is 3.50. The SMILES string of the molecule is CN1C(=O)[C@@H](NC(=O)NCCc2cnc3c(Cl)cnn3c2)Cc2ccccc21. The van der Waals surface area contributed by atoms with Crippen LogP contribution in [0.15, 0.2) is 42.9 Å². The fourth-order valence-electron chi connectivity index (χ4n) is 3.33. The van der Waals surface area contributed by atoms with Gasteiger partial charge in [0.15, 0.2) is 5.65 Å². The smallest absolute Gasteiger partial charge is 0.315 e. The van der Waals surface area contributed by atoms with Gasteiger partial charge in [-0.05, 0) is 23.6 Å². The van der Waals surface area contributed by atoms with Gasteiger partial charge in [-0.2, -0.15) is 5.10 Å². The number of rotatable bonds is 4. The second-order valence-corrected chi connectivity index (χ2v) is 7.06. The van der Waals surface area contributed by atoms with Crippen molar-refractivity contribution in [2.45, 2.75) is 18.9 Å². The van der Waals surface area contributed by atoms with E-state index >= 15 is 0 Å². The van der Waals surface area contributed by atoms with E-state index in [0.29, 0.717) is 30.1 Å². The lowest BCUT2D eigenvalue weighted by Gasteiger charge is -2.31. The summed E-state index contributed by atoms with van der Waals surface area (Å²) in [6.07, 6.45) is 6.13. The molecule has 8 nitrogen and oxygen atoms in total. The number of urea groups is 1. The van der Waals surface area contributed by atoms with Crippen molar-refractivity contribution in [1.29, 1.82) is 0 Å². The van der Waals surface area contributed by atoms with Gasteiger partial charge in [0, 0.05) is 38.1 Å². The van der Waals surface area contributed by atoms with Gasteiger partial charge in [0.25, 0.3) is 0 Å². The summed E-state index contributed by atoms with van der Waals surface area (Å²) >= 11 is 5.98. The molecule has 3 heterocycles. The van der Waals surface area contributed by atoms with E-state index in [4.69, 9.17) is 11.6 Å². The lowest BCUT2D eigenvalue weighted by atomic mass is 9.98. The van der Waals surface area contributed by atoms with E-state index in [1.165, 1.54) is 6.20 Å². The van der Waals surface area contributed by atoms with Crippen LogP contribution < -0.4 is 15.5 Å². The molecule has 0 radical (unpaired) electrons. The third-order valence-corrected chi connectivity index (χ3v) is 5.04. The van der Waals surface area contributed by atoms with E-state index in [1.54, 1.807) is 22.7 Å². The molecule has 0 aliphatic carbocycles. The lowest BCUT2D eigenvalue weighted by Crippen LogP contribution is -2.54. The van der Waals surface area contributed by atoms with Gasteiger partial charge in [-0.25, -0.2) is 14.3 Å². The summed E-state index contributed by atoms with van der Waals surface area (Å²) in [5.41, 5.74) is 3.42. The molecule has 2 N–H and O–H groups in total. The number of hydrogen-bond donors (Lipinski definition) is 2. The zero-order valence-electron chi connectivity index (χ0n) is 15.2. The van der Waals surface area contributed by atoms with Crippen LogP contribution >= 0.6 is 11.6 Å². The fourth-order valence-corrected chi connectivity index (χ4v) is 3.51. The number of anilines is 1. The molecule has 2 aromatic heterocycles. The Kier molecular flexibility index (Phi) is 4.87. The van der Waals surface area contributed by atoms with Crippen LogP contribution in [-0.4, -0.2) is 46.2 Å². The van der Waals surface area contributed by atoms with Crippen molar-refractivity contribution in [2.75, 3.05) is 18.5 Å². The summed E-state index contributed by atoms with van der Waals surface area (Å²) in [6, 6.07) is 6.74. The van der Waals surface area contributed by atoms with Crippen LogP contribution in [0, 0.1) is 0 Å². The number of nitrogens with one attached hydrogen (secondary N) is 2. The first-order valence-electron chi connectivity index (χ1n) is 8.90. The fraction of sp³-hybridized carbons (Fsp3) is 0.263. The predicted octanol–water partition coefficient (Wildman–Crippen LogP) is 1.81. The number of aromatic nitrogens is 3. The second-order valence-electron chi connectivity index (χ2n) is 6.66. The highest BCUT2D eigenvalue weighted by Gasteiger charge is 2.31. The van der Waals surface area contributed by atoms with Gasteiger partial charge >= 0.3 is 6.03 Å². The van der Waals surface area contributed by atoms with Crippen LogP contribution in [0.3, 0.4) is 0 Å². The summed E-state index contributed by atoms with van der Waals surface area (Å²) < 4.78 is 1.60. The molecule has 3 aromatic rings. The van der Waals surface area contributed by atoms with Crippen molar-refractivity contribution in [2.24, 2.45) is 0 Å². The molecule has 0 bridgehead atoms. The van der Waals surface area contributed by atoms with E-state index in [0.717, 1.165) is 16.8 Å². The van der Waals surface area contributed by atoms with Crippen molar-refractivity contribution in [3.63, 3.8) is 0 Å². The quantitative estimate of drug-likeness (QED) is 0.701. The van der Waals surface area contributed by atoms with Crippen LogP contribution in [0.25, 0.3) is 5.65 Å². The second kappa shape index (κ2) is 7.47. The summed E-state index contributed by atoms with van der Waals surface area (Å²) in [5.74, 6) is -0.126. The van der Waals surface area contributed by atoms with Crippen LogP contribution in [0.1, 0.15) is 11.1 Å². The standard InChI is InChI=1S/C19H19ClN6O2/c1-25-16-5-3-2-4-13(16)8-15(18(25)27)24-19(28)21-7-6-12-9-22-17-14(20)10-23-26(17)11-12/h2-5,9-11,15H,6-8H2,1H3,(H2,21,24,28)/t15-/m0/s1. The maximum absolute atomic E-state index is 12.5. The van der Waals surface area contributed by atoms with E-state index < -0.39 is 6.04 Å². The topological polar surface area (TPSA) is 91.6 Å². The molecule has 3 amide bonds. The van der Waals surface area contributed by atoms with Crippen molar-refractivity contribution < 1.29 is 9.59 Å². The minimum atomic E-state index is -0.580. The van der Waals surface area contributed by atoms with Crippen molar-refractivity contribution in [3.8, 4) is 0 Å². The Bertz CT molecular complexity index is 1050. The summed E-state index contributed by atoms with van der Waals surface area (Å²) in [5, 5.41) is 10.2. The molecule has 0 spiro atoms. The van der Waals surface area contributed by atoms with Crippen LogP contribution in [0.2, 0.25) is 5.02 Å². The normalized spacial score (nSPS) is 16.1. The van der Waals surface area contributed by atoms with Crippen molar-refractivity contribution in [3.05, 3.63) is 59.0 Å². The number of nitrogens with zero attached hydrogens (tertiary/aromatic N) is 4. The minimum Gasteiger partial charge on any atom is -0.338 e. The van der Waals surface area contributed by atoms with E-state index in [2.05, 4.69) is 20.7 Å². The largest absolute Gasteiger partial charge is 0.338 e. The number of amides is 3. The molecule has 4 rings (SSSR count). The van der Waals surface area contributed by atoms with Crippen LogP contribution in [-0.2, 0) is 17.6 Å². The Labute approximate surface area is 166 Å². The lowest BCUT2D eigenvalue weighted by molar-refractivity contribution is -0.120. The minimum absolute atomic E-state index is 0.126. The molecule has 1 atom stereocenters. The number of benzene rings is 1. The van der Waals surface area contributed by atoms with Gasteiger partial charge < -0.3 is 15.5 Å². The molecule has 1 aliphatic heterocycles. The number of halogens is 1. The monoisotopic (exact) mass is 398 g/mol. The molecule has 0 unspecified atom stereocenters. The summed E-state index contributed by atoms with van der Waals surface area (Å²) in [6.45, 7) is 0.404. The molecule has 28 heavy (non-hydrogen) atoms. The number of carbonyl (C=O) groups excluding carboxylic acids is 2. The molecule has 144 valence electrons. The number of fused-ring (bicyclic) bond motifs is 2.